The molecule has 138 valence electrons. The molecule has 1 aliphatic rings. The van der Waals surface area contributed by atoms with Gasteiger partial charge in [0.25, 0.3) is 0 Å². The van der Waals surface area contributed by atoms with Crippen molar-refractivity contribution >= 4 is 27.9 Å². The maximum atomic E-state index is 12.2. The molecule has 5 nitrogen and oxygen atoms in total. The number of carbonyl (C=O) groups excluding carboxylic acids is 2. The van der Waals surface area contributed by atoms with Crippen molar-refractivity contribution in [3.05, 3.63) is 33.8 Å². The van der Waals surface area contributed by atoms with Gasteiger partial charge in [-0.05, 0) is 57.2 Å². The molecule has 0 bridgehead atoms. The Morgan fingerprint density at radius 3 is 2.76 bits per heavy atom. The third-order valence-corrected chi connectivity index (χ3v) is 4.89. The number of nitrogens with zero attached hydrogens (tertiary/aromatic N) is 1. The third kappa shape index (κ3) is 5.73. The fourth-order valence-electron chi connectivity index (χ4n) is 2.93. The van der Waals surface area contributed by atoms with E-state index in [4.69, 9.17) is 4.74 Å². The summed E-state index contributed by atoms with van der Waals surface area (Å²) in [7, 11) is 1.69. The first-order chi connectivity index (χ1) is 11.7. The van der Waals surface area contributed by atoms with Crippen LogP contribution in [0.5, 0.6) is 0 Å². The molecule has 2 rings (SSSR count). The molecular formula is C19H27BrN2O3. The molecule has 1 aromatic carbocycles. The molecule has 0 fully saturated rings. The normalized spacial score (nSPS) is 16.3. The van der Waals surface area contributed by atoms with Gasteiger partial charge in [0.1, 0.15) is 5.60 Å². The van der Waals surface area contributed by atoms with Crippen LogP contribution in [0.2, 0.25) is 0 Å². The Kier molecular flexibility index (Phi) is 6.49. The van der Waals surface area contributed by atoms with Gasteiger partial charge < -0.3 is 15.0 Å². The van der Waals surface area contributed by atoms with E-state index in [1.54, 1.807) is 7.05 Å². The molecule has 6 heteroatoms. The standard InChI is InChI=1S/C19H27BrN2O3/c1-19(2,3)25-18(24)22(4)12-6-9-17(23)21-16-11-10-13-14(16)7-5-8-15(13)20/h5,7-8,16H,6,9-12H2,1-4H3,(H,21,23). The minimum Gasteiger partial charge on any atom is -0.444 e. The lowest BCUT2D eigenvalue weighted by Gasteiger charge is -2.24. The second-order valence-corrected chi connectivity index (χ2v) is 8.33. The van der Waals surface area contributed by atoms with E-state index in [0.29, 0.717) is 19.4 Å². The number of fused-ring (bicyclic) bond motifs is 1. The molecule has 0 aliphatic heterocycles. The fraction of sp³-hybridized carbons (Fsp3) is 0.579. The van der Waals surface area contributed by atoms with E-state index in [9.17, 15) is 9.59 Å². The van der Waals surface area contributed by atoms with Crippen LogP contribution in [0.1, 0.15) is 57.2 Å². The minimum absolute atomic E-state index is 0.0235. The highest BCUT2D eigenvalue weighted by Crippen LogP contribution is 2.35. The molecule has 0 heterocycles. The zero-order chi connectivity index (χ0) is 18.6. The molecule has 1 aliphatic carbocycles. The molecule has 1 unspecified atom stereocenters. The highest BCUT2D eigenvalue weighted by Gasteiger charge is 2.25. The third-order valence-electron chi connectivity index (χ3n) is 4.15. The van der Waals surface area contributed by atoms with Crippen LogP contribution >= 0.6 is 15.9 Å². The molecule has 0 spiro atoms. The van der Waals surface area contributed by atoms with Crippen LogP contribution in [-0.2, 0) is 16.0 Å². The number of amides is 2. The van der Waals surface area contributed by atoms with E-state index in [-0.39, 0.29) is 18.0 Å². The maximum absolute atomic E-state index is 12.2. The van der Waals surface area contributed by atoms with Crippen LogP contribution in [0.3, 0.4) is 0 Å². The van der Waals surface area contributed by atoms with Crippen molar-refractivity contribution in [1.82, 2.24) is 10.2 Å². The molecule has 1 N–H and O–H groups in total. The molecule has 2 amide bonds. The topological polar surface area (TPSA) is 58.6 Å². The molecule has 1 aromatic rings. The number of halogens is 1. The Morgan fingerprint density at radius 1 is 1.36 bits per heavy atom. The quantitative estimate of drug-likeness (QED) is 0.790. The summed E-state index contributed by atoms with van der Waals surface area (Å²) in [5.41, 5.74) is 1.98. The van der Waals surface area contributed by atoms with Gasteiger partial charge in [-0.1, -0.05) is 28.1 Å². The number of nitrogens with one attached hydrogen (secondary N) is 1. The van der Waals surface area contributed by atoms with Crippen molar-refractivity contribution in [3.63, 3.8) is 0 Å². The van der Waals surface area contributed by atoms with Gasteiger partial charge in [-0.2, -0.15) is 0 Å². The fourth-order valence-corrected chi connectivity index (χ4v) is 3.51. The van der Waals surface area contributed by atoms with Gasteiger partial charge in [0.05, 0.1) is 6.04 Å². The lowest BCUT2D eigenvalue weighted by Crippen LogP contribution is -2.35. The lowest BCUT2D eigenvalue weighted by atomic mass is 10.1. The molecule has 0 radical (unpaired) electrons. The summed E-state index contributed by atoms with van der Waals surface area (Å²) in [6.45, 7) is 6.01. The average molecular weight is 411 g/mol. The summed E-state index contributed by atoms with van der Waals surface area (Å²) in [5, 5.41) is 3.11. The van der Waals surface area contributed by atoms with Crippen LogP contribution in [0.15, 0.2) is 22.7 Å². The first-order valence-corrected chi connectivity index (χ1v) is 9.47. The lowest BCUT2D eigenvalue weighted by molar-refractivity contribution is -0.122. The van der Waals surface area contributed by atoms with E-state index < -0.39 is 5.60 Å². The van der Waals surface area contributed by atoms with Crippen molar-refractivity contribution in [2.24, 2.45) is 0 Å². The Balaban J connectivity index is 1.76. The van der Waals surface area contributed by atoms with Crippen molar-refractivity contribution in [3.8, 4) is 0 Å². The minimum atomic E-state index is -0.507. The number of carbonyl (C=O) groups is 2. The summed E-state index contributed by atoms with van der Waals surface area (Å²) < 4.78 is 6.41. The largest absolute Gasteiger partial charge is 0.444 e. The SMILES string of the molecule is CN(CCCC(=O)NC1CCc2c(Br)cccc21)C(=O)OC(C)(C)C. The average Bonchev–Trinajstić information content (AvgIpc) is 2.90. The predicted molar refractivity (Wildman–Crippen MR) is 101 cm³/mol. The van der Waals surface area contributed by atoms with E-state index in [1.807, 2.05) is 32.9 Å². The van der Waals surface area contributed by atoms with Gasteiger partial charge in [-0.3, -0.25) is 4.79 Å². The number of rotatable bonds is 5. The molecule has 25 heavy (non-hydrogen) atoms. The summed E-state index contributed by atoms with van der Waals surface area (Å²) >= 11 is 3.57. The molecular weight excluding hydrogens is 384 g/mol. The van der Waals surface area contributed by atoms with Gasteiger partial charge in [0.2, 0.25) is 5.91 Å². The summed E-state index contributed by atoms with van der Waals surface area (Å²) in [4.78, 5) is 25.6. The highest BCUT2D eigenvalue weighted by atomic mass is 79.9. The first-order valence-electron chi connectivity index (χ1n) is 8.68. The van der Waals surface area contributed by atoms with Gasteiger partial charge in [-0.15, -0.1) is 0 Å². The monoisotopic (exact) mass is 410 g/mol. The molecule has 1 atom stereocenters. The van der Waals surface area contributed by atoms with E-state index in [0.717, 1.165) is 17.3 Å². The number of hydrogen-bond acceptors (Lipinski definition) is 3. The van der Waals surface area contributed by atoms with Crippen LogP contribution in [0, 0.1) is 0 Å². The van der Waals surface area contributed by atoms with Gasteiger partial charge in [0.15, 0.2) is 0 Å². The van der Waals surface area contributed by atoms with Crippen LogP contribution in [-0.4, -0.2) is 36.1 Å². The number of ether oxygens (including phenoxy) is 1. The van der Waals surface area contributed by atoms with Crippen molar-refractivity contribution in [2.75, 3.05) is 13.6 Å². The van der Waals surface area contributed by atoms with E-state index in [1.165, 1.54) is 16.0 Å². The summed E-state index contributed by atoms with van der Waals surface area (Å²) in [5.74, 6) is 0.0235. The zero-order valence-corrected chi connectivity index (χ0v) is 17.0. The zero-order valence-electron chi connectivity index (χ0n) is 15.4. The van der Waals surface area contributed by atoms with Gasteiger partial charge in [0, 0.05) is 24.5 Å². The van der Waals surface area contributed by atoms with Crippen molar-refractivity contribution in [2.45, 2.75) is 58.1 Å². The molecule has 0 aromatic heterocycles. The molecule has 0 saturated heterocycles. The molecule has 0 saturated carbocycles. The predicted octanol–water partition coefficient (Wildman–Crippen LogP) is 4.20. The number of benzene rings is 1. The Hall–Kier alpha value is -1.56. The maximum Gasteiger partial charge on any atom is 0.410 e. The van der Waals surface area contributed by atoms with Crippen LogP contribution in [0.25, 0.3) is 0 Å². The van der Waals surface area contributed by atoms with Crippen molar-refractivity contribution in [1.29, 1.82) is 0 Å². The Morgan fingerprint density at radius 2 is 2.08 bits per heavy atom. The summed E-state index contributed by atoms with van der Waals surface area (Å²) in [6.07, 6.45) is 2.56. The highest BCUT2D eigenvalue weighted by molar-refractivity contribution is 9.10. The van der Waals surface area contributed by atoms with Crippen molar-refractivity contribution < 1.29 is 14.3 Å². The Bertz CT molecular complexity index is 640. The van der Waals surface area contributed by atoms with Gasteiger partial charge in [-0.25, -0.2) is 4.79 Å². The second kappa shape index (κ2) is 8.21. The van der Waals surface area contributed by atoms with E-state index >= 15 is 0 Å². The second-order valence-electron chi connectivity index (χ2n) is 7.47. The van der Waals surface area contributed by atoms with Crippen LogP contribution < -0.4 is 5.32 Å². The smallest absolute Gasteiger partial charge is 0.410 e. The number of hydrogen-bond donors (Lipinski definition) is 1. The summed E-state index contributed by atoms with van der Waals surface area (Å²) in [6, 6.07) is 6.20. The first kappa shape index (κ1) is 19.8. The Labute approximate surface area is 158 Å². The van der Waals surface area contributed by atoms with Crippen LogP contribution in [0.4, 0.5) is 4.79 Å². The van der Waals surface area contributed by atoms with E-state index in [2.05, 4.69) is 27.3 Å². The van der Waals surface area contributed by atoms with Gasteiger partial charge >= 0.3 is 6.09 Å².